The van der Waals surface area contributed by atoms with Gasteiger partial charge in [-0.1, -0.05) is 0 Å². The summed E-state index contributed by atoms with van der Waals surface area (Å²) in [5, 5.41) is 9.61. The van der Waals surface area contributed by atoms with Crippen LogP contribution in [0.3, 0.4) is 0 Å². The molecule has 0 heterocycles. The molecular weight excluding hydrogens is 198 g/mol. The van der Waals surface area contributed by atoms with E-state index < -0.39 is 0 Å². The molecule has 0 saturated heterocycles. The van der Waals surface area contributed by atoms with Gasteiger partial charge in [-0.05, 0) is 30.6 Å². The summed E-state index contributed by atoms with van der Waals surface area (Å²) in [5.41, 5.74) is -0.160. The van der Waals surface area contributed by atoms with Gasteiger partial charge in [0.15, 0.2) is 0 Å². The van der Waals surface area contributed by atoms with Crippen molar-refractivity contribution in [3.8, 4) is 6.07 Å². The molecule has 0 aromatic carbocycles. The minimum Gasteiger partial charge on any atom is -0.377 e. The third kappa shape index (κ3) is 0.506. The van der Waals surface area contributed by atoms with Gasteiger partial charge in [0.05, 0.1) is 17.6 Å². The Hall–Kier alpha value is -0.260. The molecule has 4 aliphatic rings. The fourth-order valence-corrected chi connectivity index (χ4v) is 5.45. The molecule has 8 unspecified atom stereocenters. The zero-order chi connectivity index (χ0) is 9.66. The minimum absolute atomic E-state index is 0.160. The van der Waals surface area contributed by atoms with Gasteiger partial charge >= 0.3 is 0 Å². The van der Waals surface area contributed by atoms with E-state index in [2.05, 4.69) is 6.07 Å². The van der Waals surface area contributed by atoms with Crippen LogP contribution in [0.1, 0.15) is 6.92 Å². The second-order valence-electron chi connectivity index (χ2n) is 5.15. The molecule has 0 aromatic rings. The number of nitriles is 1. The van der Waals surface area contributed by atoms with Crippen molar-refractivity contribution in [2.24, 2.45) is 35.0 Å². The molecule has 0 amide bonds. The van der Waals surface area contributed by atoms with Crippen molar-refractivity contribution in [2.75, 3.05) is 6.61 Å². The molecule has 8 atom stereocenters. The summed E-state index contributed by atoms with van der Waals surface area (Å²) in [6, 6.07) is 2.52. The first-order valence-electron chi connectivity index (χ1n) is 5.46. The molecule has 0 N–H and O–H groups in total. The molecule has 0 radical (unpaired) electrons. The van der Waals surface area contributed by atoms with Crippen LogP contribution in [-0.4, -0.2) is 18.1 Å². The summed E-state index contributed by atoms with van der Waals surface area (Å²) in [6.45, 7) is 2.75. The van der Waals surface area contributed by atoms with E-state index in [0.717, 1.165) is 12.5 Å². The van der Waals surface area contributed by atoms with Crippen LogP contribution in [0.25, 0.3) is 0 Å². The minimum atomic E-state index is -0.160. The third-order valence-corrected chi connectivity index (χ3v) is 5.62. The fourth-order valence-electron chi connectivity index (χ4n) is 4.75. The maximum atomic E-state index is 9.33. The van der Waals surface area contributed by atoms with Crippen molar-refractivity contribution in [1.29, 1.82) is 5.26 Å². The van der Waals surface area contributed by atoms with Gasteiger partial charge in [0.1, 0.15) is 0 Å². The van der Waals surface area contributed by atoms with Gasteiger partial charge in [-0.25, -0.2) is 0 Å². The van der Waals surface area contributed by atoms with E-state index in [9.17, 15) is 5.26 Å². The lowest BCUT2D eigenvalue weighted by molar-refractivity contribution is -0.00199. The van der Waals surface area contributed by atoms with Gasteiger partial charge in [0.2, 0.25) is 0 Å². The number of hydrogen-bond donors (Lipinski definition) is 0. The molecule has 4 aliphatic carbocycles. The summed E-state index contributed by atoms with van der Waals surface area (Å²) >= 11 is 6.35. The van der Waals surface area contributed by atoms with Crippen LogP contribution >= 0.6 is 11.6 Å². The van der Waals surface area contributed by atoms with Gasteiger partial charge in [-0.15, -0.1) is 11.6 Å². The molecule has 74 valence electrons. The zero-order valence-corrected chi connectivity index (χ0v) is 8.74. The highest BCUT2D eigenvalue weighted by Gasteiger charge is 2.94. The Morgan fingerprint density at radius 1 is 1.36 bits per heavy atom. The molecular formula is C11H12ClNO. The molecule has 0 spiro atoms. The standard InChI is InChI=1S/C11H12ClNO/c1-2-14-10-6-4-5(6)9(12)8-7(4)11(8,10)3-13/h4-10H,2H2,1H3. The molecule has 0 aromatic heterocycles. The highest BCUT2D eigenvalue weighted by molar-refractivity contribution is 6.22. The van der Waals surface area contributed by atoms with Crippen LogP contribution < -0.4 is 0 Å². The summed E-state index contributed by atoms with van der Waals surface area (Å²) in [6.07, 6.45) is 0.220. The van der Waals surface area contributed by atoms with Crippen LogP contribution in [0, 0.1) is 46.3 Å². The van der Waals surface area contributed by atoms with E-state index in [1.165, 1.54) is 0 Å². The smallest absolute Gasteiger partial charge is 0.0917 e. The fraction of sp³-hybridized carbons (Fsp3) is 0.909. The van der Waals surface area contributed by atoms with Crippen LogP contribution in [-0.2, 0) is 4.74 Å². The van der Waals surface area contributed by atoms with Gasteiger partial charge in [0, 0.05) is 17.9 Å². The average molecular weight is 210 g/mol. The van der Waals surface area contributed by atoms with E-state index in [1.54, 1.807) is 0 Å². The Kier molecular flexibility index (Phi) is 1.13. The van der Waals surface area contributed by atoms with Crippen molar-refractivity contribution in [1.82, 2.24) is 0 Å². The number of alkyl halides is 1. The van der Waals surface area contributed by atoms with Gasteiger partial charge in [0.25, 0.3) is 0 Å². The van der Waals surface area contributed by atoms with E-state index >= 15 is 0 Å². The molecule has 4 fully saturated rings. The number of ether oxygens (including phenoxy) is 1. The van der Waals surface area contributed by atoms with Gasteiger partial charge in [-0.2, -0.15) is 5.26 Å². The van der Waals surface area contributed by atoms with Crippen molar-refractivity contribution in [2.45, 2.75) is 18.4 Å². The Morgan fingerprint density at radius 2 is 2.14 bits per heavy atom. The summed E-state index contributed by atoms with van der Waals surface area (Å²) < 4.78 is 5.77. The summed E-state index contributed by atoms with van der Waals surface area (Å²) in [7, 11) is 0. The van der Waals surface area contributed by atoms with E-state index in [0.29, 0.717) is 23.7 Å². The Bertz CT molecular complexity index is 359. The second kappa shape index (κ2) is 1.99. The Labute approximate surface area is 88.2 Å². The largest absolute Gasteiger partial charge is 0.377 e. The molecule has 0 aliphatic heterocycles. The van der Waals surface area contributed by atoms with E-state index in [1.807, 2.05) is 6.92 Å². The quantitative estimate of drug-likeness (QED) is 0.648. The lowest BCUT2D eigenvalue weighted by Gasteiger charge is -2.28. The maximum Gasteiger partial charge on any atom is 0.0917 e. The summed E-state index contributed by atoms with van der Waals surface area (Å²) in [5.74, 6) is 3.14. The molecule has 4 saturated carbocycles. The average Bonchev–Trinajstić information content (AvgIpc) is 3.02. The normalized spacial score (nSPS) is 70.2. The first-order chi connectivity index (χ1) is 6.79. The van der Waals surface area contributed by atoms with Crippen molar-refractivity contribution < 1.29 is 4.74 Å². The van der Waals surface area contributed by atoms with Crippen LogP contribution in [0.15, 0.2) is 0 Å². The second-order valence-corrected chi connectivity index (χ2v) is 5.65. The number of nitrogens with zero attached hydrogens (tertiary/aromatic N) is 1. The Balaban J connectivity index is 1.77. The van der Waals surface area contributed by atoms with Crippen LogP contribution in [0.5, 0.6) is 0 Å². The first-order valence-corrected chi connectivity index (χ1v) is 5.89. The van der Waals surface area contributed by atoms with Gasteiger partial charge in [-0.3, -0.25) is 0 Å². The van der Waals surface area contributed by atoms with E-state index in [4.69, 9.17) is 16.3 Å². The lowest BCUT2D eigenvalue weighted by atomic mass is 9.86. The SMILES string of the molecule is CCOC1C2C3C(Cl)C4C(C32)C14C#N. The molecule has 0 bridgehead atoms. The molecule has 2 nitrogen and oxygen atoms in total. The van der Waals surface area contributed by atoms with Crippen molar-refractivity contribution in [3.05, 3.63) is 0 Å². The molecule has 4 rings (SSSR count). The number of halogens is 1. The topological polar surface area (TPSA) is 33.0 Å². The van der Waals surface area contributed by atoms with Crippen LogP contribution in [0.2, 0.25) is 0 Å². The first kappa shape index (κ1) is 7.96. The monoisotopic (exact) mass is 209 g/mol. The maximum absolute atomic E-state index is 9.33. The Morgan fingerprint density at radius 3 is 2.71 bits per heavy atom. The summed E-state index contributed by atoms with van der Waals surface area (Å²) in [4.78, 5) is 0. The number of rotatable bonds is 2. The van der Waals surface area contributed by atoms with Crippen LogP contribution in [0.4, 0.5) is 0 Å². The molecule has 3 heteroatoms. The zero-order valence-electron chi connectivity index (χ0n) is 7.98. The molecule has 14 heavy (non-hydrogen) atoms. The van der Waals surface area contributed by atoms with E-state index in [-0.39, 0.29) is 16.9 Å². The van der Waals surface area contributed by atoms with Crippen molar-refractivity contribution in [3.63, 3.8) is 0 Å². The van der Waals surface area contributed by atoms with Crippen molar-refractivity contribution >= 4 is 11.6 Å². The van der Waals surface area contributed by atoms with Gasteiger partial charge < -0.3 is 4.74 Å². The lowest BCUT2D eigenvalue weighted by Crippen LogP contribution is -2.35. The highest BCUT2D eigenvalue weighted by Crippen LogP contribution is 2.91. The third-order valence-electron chi connectivity index (χ3n) is 5.06. The highest BCUT2D eigenvalue weighted by atomic mass is 35.5. The predicted octanol–water partition coefficient (Wildman–Crippen LogP) is 1.64. The number of hydrogen-bond acceptors (Lipinski definition) is 2. The predicted molar refractivity (Wildman–Crippen MR) is 50.6 cm³/mol. The number of fused-ring (bicyclic) bond motifs is 2.